The van der Waals surface area contributed by atoms with Gasteiger partial charge in [0.1, 0.15) is 11.1 Å². The Labute approximate surface area is 213 Å². The lowest BCUT2D eigenvalue weighted by atomic mass is 9.72. The summed E-state index contributed by atoms with van der Waals surface area (Å²) in [5.74, 6) is 1.34. The van der Waals surface area contributed by atoms with Crippen molar-refractivity contribution >= 4 is 45.6 Å². The zero-order valence-corrected chi connectivity index (χ0v) is 22.2. The molecule has 0 spiro atoms. The van der Waals surface area contributed by atoms with Crippen molar-refractivity contribution < 1.29 is 4.79 Å². The predicted octanol–water partition coefficient (Wildman–Crippen LogP) is 6.43. The quantitative estimate of drug-likeness (QED) is 0.384. The molecular weight excluding hydrogens is 486 g/mol. The number of thioether (sulfide) groups is 1. The molecule has 0 bridgehead atoms. The third kappa shape index (κ3) is 5.17. The molecule has 2 aromatic heterocycles. The van der Waals surface area contributed by atoms with Crippen molar-refractivity contribution in [2.24, 2.45) is 11.3 Å². The standard InChI is InChI=1S/C25H28ClN5OS2/c1-5-31-22(15-7-6-8-17(26)11-15)29-30-24(31)33-14-21(32)28-23-19(13-27)18-10-9-16(25(2,3)4)12-20(18)34-23/h6-8,11,16H,5,9-10,12,14H2,1-4H3,(H,28,32)/t16-/m1/s1. The number of anilines is 1. The molecule has 3 aromatic rings. The Hall–Kier alpha value is -2.34. The van der Waals surface area contributed by atoms with Crippen LogP contribution in [0.25, 0.3) is 11.4 Å². The van der Waals surface area contributed by atoms with Gasteiger partial charge in [-0.2, -0.15) is 5.26 Å². The molecule has 178 valence electrons. The molecule has 34 heavy (non-hydrogen) atoms. The van der Waals surface area contributed by atoms with Crippen LogP contribution in [0.5, 0.6) is 0 Å². The van der Waals surface area contributed by atoms with Crippen molar-refractivity contribution in [3.63, 3.8) is 0 Å². The van der Waals surface area contributed by atoms with Gasteiger partial charge in [0.2, 0.25) is 5.91 Å². The Morgan fingerprint density at radius 3 is 2.85 bits per heavy atom. The van der Waals surface area contributed by atoms with Crippen molar-refractivity contribution in [1.82, 2.24) is 14.8 Å². The Kier molecular flexibility index (Phi) is 7.36. The number of carbonyl (C=O) groups is 1. The van der Waals surface area contributed by atoms with E-state index < -0.39 is 0 Å². The zero-order valence-electron chi connectivity index (χ0n) is 19.8. The van der Waals surface area contributed by atoms with Gasteiger partial charge in [-0.05, 0) is 55.2 Å². The van der Waals surface area contributed by atoms with Crippen LogP contribution in [0.1, 0.15) is 50.1 Å². The number of fused-ring (bicyclic) bond motifs is 1. The van der Waals surface area contributed by atoms with E-state index in [0.717, 1.165) is 36.2 Å². The first kappa shape index (κ1) is 24.8. The molecule has 4 rings (SSSR count). The second-order valence-corrected chi connectivity index (χ2v) is 12.0. The van der Waals surface area contributed by atoms with Gasteiger partial charge in [-0.25, -0.2) is 0 Å². The van der Waals surface area contributed by atoms with Gasteiger partial charge in [-0.3, -0.25) is 4.79 Å². The zero-order chi connectivity index (χ0) is 24.5. The van der Waals surface area contributed by atoms with Crippen molar-refractivity contribution in [1.29, 1.82) is 5.26 Å². The number of hydrogen-bond acceptors (Lipinski definition) is 6. The number of nitrogens with zero attached hydrogens (tertiary/aromatic N) is 4. The molecule has 0 fully saturated rings. The second-order valence-electron chi connectivity index (χ2n) is 9.52. The molecule has 0 aliphatic heterocycles. The van der Waals surface area contributed by atoms with Crippen LogP contribution in [-0.2, 0) is 24.2 Å². The number of thiophene rings is 1. The highest BCUT2D eigenvalue weighted by Crippen LogP contribution is 2.44. The summed E-state index contributed by atoms with van der Waals surface area (Å²) >= 11 is 9.03. The van der Waals surface area contributed by atoms with E-state index in [1.165, 1.54) is 16.6 Å². The minimum atomic E-state index is -0.151. The van der Waals surface area contributed by atoms with Gasteiger partial charge in [0.15, 0.2) is 11.0 Å². The van der Waals surface area contributed by atoms with Gasteiger partial charge in [-0.1, -0.05) is 56.3 Å². The van der Waals surface area contributed by atoms with Crippen molar-refractivity contribution in [2.45, 2.75) is 58.7 Å². The maximum absolute atomic E-state index is 12.8. The average molecular weight is 514 g/mol. The fraction of sp³-hybridized carbons (Fsp3) is 0.440. The first-order valence-electron chi connectivity index (χ1n) is 11.4. The summed E-state index contributed by atoms with van der Waals surface area (Å²) < 4.78 is 1.97. The molecule has 0 unspecified atom stereocenters. The number of hydrogen-bond donors (Lipinski definition) is 1. The molecule has 1 amide bonds. The van der Waals surface area contributed by atoms with Gasteiger partial charge in [0.05, 0.1) is 11.3 Å². The van der Waals surface area contributed by atoms with Crippen molar-refractivity contribution in [2.75, 3.05) is 11.1 Å². The van der Waals surface area contributed by atoms with E-state index >= 15 is 0 Å². The monoisotopic (exact) mass is 513 g/mol. The average Bonchev–Trinajstić information content (AvgIpc) is 3.36. The fourth-order valence-corrected chi connectivity index (χ4v) is 6.63. The number of aromatic nitrogens is 3. The SMILES string of the molecule is CCn1c(SCC(=O)Nc2sc3c(c2C#N)CC[C@@H](C(C)(C)C)C3)nnc1-c1cccc(Cl)c1. The van der Waals surface area contributed by atoms with E-state index in [9.17, 15) is 10.1 Å². The molecule has 2 heterocycles. The topological polar surface area (TPSA) is 83.6 Å². The van der Waals surface area contributed by atoms with Crippen molar-refractivity contribution in [3.05, 3.63) is 45.3 Å². The summed E-state index contributed by atoms with van der Waals surface area (Å²) in [6.07, 6.45) is 2.94. The predicted molar refractivity (Wildman–Crippen MR) is 139 cm³/mol. The molecule has 1 aromatic carbocycles. The number of carbonyl (C=O) groups excluding carboxylic acids is 1. The van der Waals surface area contributed by atoms with Crippen LogP contribution in [0.4, 0.5) is 5.00 Å². The summed E-state index contributed by atoms with van der Waals surface area (Å²) in [7, 11) is 0. The summed E-state index contributed by atoms with van der Waals surface area (Å²) in [6, 6.07) is 9.82. The van der Waals surface area contributed by atoms with E-state index in [0.29, 0.717) is 33.2 Å². The summed E-state index contributed by atoms with van der Waals surface area (Å²) in [5, 5.41) is 23.4. The largest absolute Gasteiger partial charge is 0.316 e. The lowest BCUT2D eigenvalue weighted by Gasteiger charge is -2.33. The lowest BCUT2D eigenvalue weighted by molar-refractivity contribution is -0.113. The molecule has 9 heteroatoms. The number of nitrogens with one attached hydrogen (secondary N) is 1. The van der Waals surface area contributed by atoms with Gasteiger partial charge < -0.3 is 9.88 Å². The van der Waals surface area contributed by atoms with Crippen LogP contribution in [0.2, 0.25) is 5.02 Å². The fourth-order valence-electron chi connectivity index (χ4n) is 4.35. The summed E-state index contributed by atoms with van der Waals surface area (Å²) in [6.45, 7) is 9.50. The van der Waals surface area contributed by atoms with Crippen LogP contribution in [-0.4, -0.2) is 26.4 Å². The Balaban J connectivity index is 1.46. The Morgan fingerprint density at radius 2 is 2.18 bits per heavy atom. The van der Waals surface area contributed by atoms with Gasteiger partial charge >= 0.3 is 0 Å². The second kappa shape index (κ2) is 10.1. The third-order valence-electron chi connectivity index (χ3n) is 6.30. The van der Waals surface area contributed by atoms with Crippen LogP contribution in [0.3, 0.4) is 0 Å². The van der Waals surface area contributed by atoms with Gasteiger partial charge in [0, 0.05) is 22.0 Å². The maximum Gasteiger partial charge on any atom is 0.235 e. The van der Waals surface area contributed by atoms with Crippen LogP contribution in [0.15, 0.2) is 29.4 Å². The van der Waals surface area contributed by atoms with Crippen LogP contribution >= 0.6 is 34.7 Å². The molecule has 1 aliphatic rings. The molecule has 6 nitrogen and oxygen atoms in total. The third-order valence-corrected chi connectivity index (χ3v) is 8.67. The highest BCUT2D eigenvalue weighted by molar-refractivity contribution is 7.99. The number of rotatable bonds is 6. The molecule has 0 saturated heterocycles. The smallest absolute Gasteiger partial charge is 0.235 e. The van der Waals surface area contributed by atoms with E-state index in [-0.39, 0.29) is 17.1 Å². The lowest BCUT2D eigenvalue weighted by Crippen LogP contribution is -2.26. The minimum absolute atomic E-state index is 0.151. The first-order chi connectivity index (χ1) is 16.2. The number of halogens is 1. The maximum atomic E-state index is 12.8. The Bertz CT molecular complexity index is 1250. The summed E-state index contributed by atoms with van der Waals surface area (Å²) in [5.41, 5.74) is 2.86. The Morgan fingerprint density at radius 1 is 1.38 bits per heavy atom. The minimum Gasteiger partial charge on any atom is -0.316 e. The van der Waals surface area contributed by atoms with Crippen molar-refractivity contribution in [3.8, 4) is 17.5 Å². The van der Waals surface area contributed by atoms with Crippen LogP contribution in [0, 0.1) is 22.7 Å². The van der Waals surface area contributed by atoms with E-state index in [1.54, 1.807) is 11.3 Å². The number of amides is 1. The molecule has 1 N–H and O–H groups in total. The van der Waals surface area contributed by atoms with Gasteiger partial charge in [0.25, 0.3) is 0 Å². The normalized spacial score (nSPS) is 15.6. The van der Waals surface area contributed by atoms with Gasteiger partial charge in [-0.15, -0.1) is 21.5 Å². The summed E-state index contributed by atoms with van der Waals surface area (Å²) in [4.78, 5) is 14.0. The van der Waals surface area contributed by atoms with Crippen LogP contribution < -0.4 is 5.32 Å². The first-order valence-corrected chi connectivity index (χ1v) is 13.6. The highest BCUT2D eigenvalue weighted by atomic mass is 35.5. The van der Waals surface area contributed by atoms with E-state index in [2.05, 4.69) is 42.4 Å². The molecule has 1 aliphatic carbocycles. The molecule has 0 saturated carbocycles. The van der Waals surface area contributed by atoms with E-state index in [4.69, 9.17) is 11.6 Å². The molecule has 0 radical (unpaired) electrons. The highest BCUT2D eigenvalue weighted by Gasteiger charge is 2.32. The number of nitriles is 1. The van der Waals surface area contributed by atoms with E-state index in [1.807, 2.05) is 35.8 Å². The molecule has 1 atom stereocenters. The molecular formula is C25H28ClN5OS2. The number of benzene rings is 1.